The Bertz CT molecular complexity index is 410. The molecule has 1 saturated heterocycles. The monoisotopic (exact) mass is 265 g/mol. The van der Waals surface area contributed by atoms with E-state index in [1.54, 1.807) is 12.1 Å². The number of aliphatic hydroxyl groups is 1. The van der Waals surface area contributed by atoms with E-state index < -0.39 is 5.97 Å². The lowest BCUT2D eigenvalue weighted by molar-refractivity contribution is 0.0159. The van der Waals surface area contributed by atoms with Crippen molar-refractivity contribution in [3.8, 4) is 0 Å². The van der Waals surface area contributed by atoms with Crippen LogP contribution in [0.1, 0.15) is 23.2 Å². The van der Waals surface area contributed by atoms with Crippen LogP contribution in [0.25, 0.3) is 0 Å². The third-order valence-electron chi connectivity index (χ3n) is 3.37. The molecule has 19 heavy (non-hydrogen) atoms. The molecule has 2 N–H and O–H groups in total. The molecule has 0 amide bonds. The predicted molar refractivity (Wildman–Crippen MR) is 71.7 cm³/mol. The number of piperidine rings is 1. The van der Waals surface area contributed by atoms with Gasteiger partial charge in [0.05, 0.1) is 24.9 Å². The van der Waals surface area contributed by atoms with Crippen LogP contribution >= 0.6 is 0 Å². The zero-order valence-corrected chi connectivity index (χ0v) is 10.8. The van der Waals surface area contributed by atoms with Crippen molar-refractivity contribution >= 4 is 11.7 Å². The second-order valence-corrected chi connectivity index (χ2v) is 4.63. The van der Waals surface area contributed by atoms with Crippen molar-refractivity contribution in [2.24, 2.45) is 0 Å². The molecule has 0 radical (unpaired) electrons. The van der Waals surface area contributed by atoms with Gasteiger partial charge in [0.15, 0.2) is 0 Å². The van der Waals surface area contributed by atoms with E-state index in [1.165, 1.54) is 0 Å². The van der Waals surface area contributed by atoms with Crippen molar-refractivity contribution in [2.45, 2.75) is 18.9 Å². The van der Waals surface area contributed by atoms with Crippen LogP contribution in [-0.4, -0.2) is 48.6 Å². The van der Waals surface area contributed by atoms with Gasteiger partial charge in [-0.1, -0.05) is 0 Å². The van der Waals surface area contributed by atoms with Crippen molar-refractivity contribution in [3.05, 3.63) is 29.8 Å². The predicted octanol–water partition coefficient (Wildman–Crippen LogP) is 1.36. The number of benzene rings is 1. The first-order valence-electron chi connectivity index (χ1n) is 6.51. The number of carbonyl (C=O) groups is 1. The van der Waals surface area contributed by atoms with Gasteiger partial charge < -0.3 is 19.8 Å². The summed E-state index contributed by atoms with van der Waals surface area (Å²) in [6.07, 6.45) is 2.09. The summed E-state index contributed by atoms with van der Waals surface area (Å²) in [7, 11) is 0. The number of rotatable bonds is 5. The molecule has 5 nitrogen and oxygen atoms in total. The molecule has 0 unspecified atom stereocenters. The van der Waals surface area contributed by atoms with Crippen molar-refractivity contribution in [3.63, 3.8) is 0 Å². The Morgan fingerprint density at radius 1 is 1.26 bits per heavy atom. The second kappa shape index (κ2) is 6.54. The Morgan fingerprint density at radius 3 is 2.42 bits per heavy atom. The smallest absolute Gasteiger partial charge is 0.335 e. The average Bonchev–Trinajstić information content (AvgIpc) is 2.46. The van der Waals surface area contributed by atoms with E-state index in [9.17, 15) is 4.79 Å². The molecule has 0 saturated carbocycles. The maximum atomic E-state index is 10.8. The molecule has 2 rings (SSSR count). The highest BCUT2D eigenvalue weighted by Crippen LogP contribution is 2.21. The lowest BCUT2D eigenvalue weighted by atomic mass is 10.1. The highest BCUT2D eigenvalue weighted by Gasteiger charge is 2.19. The lowest BCUT2D eigenvalue weighted by Gasteiger charge is -2.33. The molecule has 0 aromatic heterocycles. The summed E-state index contributed by atoms with van der Waals surface area (Å²) >= 11 is 0. The number of carboxylic acids is 1. The fourth-order valence-electron chi connectivity index (χ4n) is 2.31. The maximum absolute atomic E-state index is 10.8. The molecule has 1 aromatic carbocycles. The van der Waals surface area contributed by atoms with E-state index in [2.05, 4.69) is 4.90 Å². The number of carboxylic acid groups (broad SMARTS) is 1. The summed E-state index contributed by atoms with van der Waals surface area (Å²) in [5, 5.41) is 17.6. The largest absolute Gasteiger partial charge is 0.478 e. The zero-order chi connectivity index (χ0) is 13.7. The van der Waals surface area contributed by atoms with Gasteiger partial charge >= 0.3 is 5.97 Å². The summed E-state index contributed by atoms with van der Waals surface area (Å²) in [6, 6.07) is 6.95. The zero-order valence-electron chi connectivity index (χ0n) is 10.8. The quantitative estimate of drug-likeness (QED) is 0.841. The topological polar surface area (TPSA) is 70.0 Å². The van der Waals surface area contributed by atoms with Crippen molar-refractivity contribution in [2.75, 3.05) is 31.2 Å². The fourth-order valence-corrected chi connectivity index (χ4v) is 2.31. The molecule has 104 valence electrons. The van der Waals surface area contributed by atoms with Crippen LogP contribution in [0.2, 0.25) is 0 Å². The van der Waals surface area contributed by atoms with Crippen LogP contribution < -0.4 is 4.90 Å². The summed E-state index contributed by atoms with van der Waals surface area (Å²) in [4.78, 5) is 13.0. The van der Waals surface area contributed by atoms with E-state index in [-0.39, 0.29) is 12.7 Å². The van der Waals surface area contributed by atoms with Gasteiger partial charge in [-0.2, -0.15) is 0 Å². The average molecular weight is 265 g/mol. The highest BCUT2D eigenvalue weighted by molar-refractivity contribution is 5.88. The number of anilines is 1. The molecule has 1 aromatic rings. The molecule has 5 heteroatoms. The third kappa shape index (κ3) is 3.68. The molecule has 1 aliphatic heterocycles. The standard InChI is InChI=1S/C14H19NO4/c16-9-10-19-13-5-7-15(8-6-13)12-3-1-11(2-4-12)14(17)18/h1-4,13,16H,5-10H2,(H,17,18). The minimum atomic E-state index is -0.900. The second-order valence-electron chi connectivity index (χ2n) is 4.63. The molecule has 1 aliphatic rings. The third-order valence-corrected chi connectivity index (χ3v) is 3.37. The van der Waals surface area contributed by atoms with Gasteiger partial charge in [-0.3, -0.25) is 0 Å². The van der Waals surface area contributed by atoms with Crippen LogP contribution in [0.5, 0.6) is 0 Å². The van der Waals surface area contributed by atoms with Crippen molar-refractivity contribution < 1.29 is 19.7 Å². The molecule has 1 heterocycles. The molecule has 0 atom stereocenters. The lowest BCUT2D eigenvalue weighted by Crippen LogP contribution is -2.37. The van der Waals surface area contributed by atoms with Crippen LogP contribution in [0.4, 0.5) is 5.69 Å². The van der Waals surface area contributed by atoms with E-state index in [4.69, 9.17) is 14.9 Å². The van der Waals surface area contributed by atoms with Crippen LogP contribution in [0.15, 0.2) is 24.3 Å². The van der Waals surface area contributed by atoms with Gasteiger partial charge in [-0.15, -0.1) is 0 Å². The number of nitrogens with zero attached hydrogens (tertiary/aromatic N) is 1. The SMILES string of the molecule is O=C(O)c1ccc(N2CCC(OCCO)CC2)cc1. The number of ether oxygens (including phenoxy) is 1. The van der Waals surface area contributed by atoms with Gasteiger partial charge in [0.1, 0.15) is 0 Å². The van der Waals surface area contributed by atoms with E-state index >= 15 is 0 Å². The minimum Gasteiger partial charge on any atom is -0.478 e. The number of hydrogen-bond donors (Lipinski definition) is 2. The Kier molecular flexibility index (Phi) is 4.76. The van der Waals surface area contributed by atoms with E-state index in [0.29, 0.717) is 12.2 Å². The normalized spacial score (nSPS) is 16.6. The Labute approximate surface area is 112 Å². The van der Waals surface area contributed by atoms with Crippen LogP contribution in [-0.2, 0) is 4.74 Å². The first-order chi connectivity index (χ1) is 9.20. The molecule has 0 aliphatic carbocycles. The fraction of sp³-hybridized carbons (Fsp3) is 0.500. The van der Waals surface area contributed by atoms with Gasteiger partial charge in [0, 0.05) is 18.8 Å². The molecule has 1 fully saturated rings. The van der Waals surface area contributed by atoms with Crippen molar-refractivity contribution in [1.82, 2.24) is 0 Å². The Balaban J connectivity index is 1.88. The first kappa shape index (κ1) is 13.8. The molecular weight excluding hydrogens is 246 g/mol. The van der Waals surface area contributed by atoms with E-state index in [0.717, 1.165) is 31.6 Å². The van der Waals surface area contributed by atoms with Gasteiger partial charge in [-0.25, -0.2) is 4.79 Å². The highest BCUT2D eigenvalue weighted by atomic mass is 16.5. The minimum absolute atomic E-state index is 0.0663. The summed E-state index contributed by atoms with van der Waals surface area (Å²) in [5.41, 5.74) is 1.36. The molecule has 0 spiro atoms. The first-order valence-corrected chi connectivity index (χ1v) is 6.51. The molecular formula is C14H19NO4. The maximum Gasteiger partial charge on any atom is 0.335 e. The summed E-state index contributed by atoms with van der Waals surface area (Å²) < 4.78 is 5.51. The van der Waals surface area contributed by atoms with Crippen LogP contribution in [0.3, 0.4) is 0 Å². The van der Waals surface area contributed by atoms with Crippen molar-refractivity contribution in [1.29, 1.82) is 0 Å². The van der Waals surface area contributed by atoms with Crippen LogP contribution in [0, 0.1) is 0 Å². The molecule has 0 bridgehead atoms. The van der Waals surface area contributed by atoms with Gasteiger partial charge in [0.2, 0.25) is 0 Å². The number of aliphatic hydroxyl groups excluding tert-OH is 1. The van der Waals surface area contributed by atoms with Gasteiger partial charge in [0.25, 0.3) is 0 Å². The summed E-state index contributed by atoms with van der Waals surface area (Å²) in [6.45, 7) is 2.25. The number of aromatic carboxylic acids is 1. The Hall–Kier alpha value is -1.59. The summed E-state index contributed by atoms with van der Waals surface area (Å²) in [5.74, 6) is -0.900. The number of hydrogen-bond acceptors (Lipinski definition) is 4. The Morgan fingerprint density at radius 2 is 1.89 bits per heavy atom. The van der Waals surface area contributed by atoms with E-state index in [1.807, 2.05) is 12.1 Å². The van der Waals surface area contributed by atoms with Gasteiger partial charge in [-0.05, 0) is 37.1 Å².